The molecular weight excluding hydrogens is 162 g/mol. The van der Waals surface area contributed by atoms with Gasteiger partial charge < -0.3 is 0 Å². The highest BCUT2D eigenvalue weighted by Gasteiger charge is 2.18. The Morgan fingerprint density at radius 3 is 2.69 bits per heavy atom. The van der Waals surface area contributed by atoms with Crippen LogP contribution in [0, 0.1) is 0 Å². The van der Waals surface area contributed by atoms with Gasteiger partial charge in [-0.05, 0) is 6.07 Å². The summed E-state index contributed by atoms with van der Waals surface area (Å²) < 4.78 is 2.03. The first-order valence-electron chi connectivity index (χ1n) is 4.37. The van der Waals surface area contributed by atoms with E-state index in [0.29, 0.717) is 0 Å². The Labute approximate surface area is 77.4 Å². The van der Waals surface area contributed by atoms with E-state index < -0.39 is 0 Å². The van der Waals surface area contributed by atoms with Gasteiger partial charge in [0.25, 0.3) is 0 Å². The van der Waals surface area contributed by atoms with Crippen LogP contribution in [0.25, 0.3) is 5.78 Å². The van der Waals surface area contributed by atoms with E-state index in [2.05, 4.69) is 30.7 Å². The highest BCUT2D eigenvalue weighted by Crippen LogP contribution is 2.21. The summed E-state index contributed by atoms with van der Waals surface area (Å²) in [5, 5.41) is 0. The fraction of sp³-hybridized carbons (Fsp3) is 0.400. The monoisotopic (exact) mass is 175 g/mol. The van der Waals surface area contributed by atoms with Crippen molar-refractivity contribution in [2.75, 3.05) is 0 Å². The van der Waals surface area contributed by atoms with Gasteiger partial charge in [-0.25, -0.2) is 9.97 Å². The maximum atomic E-state index is 4.24. The average Bonchev–Trinajstić information content (AvgIpc) is 2.45. The molecule has 0 N–H and O–H groups in total. The van der Waals surface area contributed by atoms with Crippen LogP contribution in [-0.4, -0.2) is 14.4 Å². The van der Waals surface area contributed by atoms with Crippen LogP contribution in [0.15, 0.2) is 24.7 Å². The van der Waals surface area contributed by atoms with Crippen molar-refractivity contribution in [3.8, 4) is 0 Å². The Morgan fingerprint density at radius 2 is 2.00 bits per heavy atom. The Balaban J connectivity index is 2.72. The topological polar surface area (TPSA) is 30.2 Å². The van der Waals surface area contributed by atoms with Gasteiger partial charge in [0, 0.05) is 23.5 Å². The fourth-order valence-corrected chi connectivity index (χ4v) is 1.38. The molecule has 68 valence electrons. The van der Waals surface area contributed by atoms with Crippen LogP contribution >= 0.6 is 0 Å². The quantitative estimate of drug-likeness (QED) is 0.613. The Hall–Kier alpha value is -1.38. The number of nitrogens with zero attached hydrogens (tertiary/aromatic N) is 3. The molecule has 2 aromatic rings. The molecule has 2 heterocycles. The Morgan fingerprint density at radius 1 is 1.23 bits per heavy atom. The van der Waals surface area contributed by atoms with Gasteiger partial charge >= 0.3 is 0 Å². The van der Waals surface area contributed by atoms with E-state index >= 15 is 0 Å². The molecule has 0 amide bonds. The van der Waals surface area contributed by atoms with E-state index in [-0.39, 0.29) is 5.41 Å². The fourth-order valence-electron chi connectivity index (χ4n) is 1.38. The van der Waals surface area contributed by atoms with Crippen molar-refractivity contribution in [3.05, 3.63) is 30.4 Å². The summed E-state index contributed by atoms with van der Waals surface area (Å²) in [7, 11) is 0. The maximum Gasteiger partial charge on any atom is 0.233 e. The van der Waals surface area contributed by atoms with Crippen LogP contribution < -0.4 is 0 Å². The van der Waals surface area contributed by atoms with E-state index in [0.717, 1.165) is 5.78 Å². The highest BCUT2D eigenvalue weighted by molar-refractivity contribution is 5.32. The van der Waals surface area contributed by atoms with Gasteiger partial charge in [-0.2, -0.15) is 0 Å². The summed E-state index contributed by atoms with van der Waals surface area (Å²) in [5.74, 6) is 0.771. The number of hydrogen-bond acceptors (Lipinski definition) is 2. The largest absolute Gasteiger partial charge is 0.288 e. The summed E-state index contributed by atoms with van der Waals surface area (Å²) in [6.07, 6.45) is 5.65. The minimum atomic E-state index is 0.114. The number of hydrogen-bond donors (Lipinski definition) is 0. The van der Waals surface area contributed by atoms with E-state index in [1.54, 1.807) is 6.20 Å². The molecule has 3 nitrogen and oxygen atoms in total. The average molecular weight is 175 g/mol. The van der Waals surface area contributed by atoms with Gasteiger partial charge in [-0.3, -0.25) is 4.40 Å². The second-order valence-corrected chi connectivity index (χ2v) is 4.18. The van der Waals surface area contributed by atoms with Gasteiger partial charge in [0.05, 0.1) is 6.20 Å². The first-order chi connectivity index (χ1) is 6.09. The summed E-state index contributed by atoms with van der Waals surface area (Å²) in [5.41, 5.74) is 1.30. The third kappa shape index (κ3) is 1.30. The van der Waals surface area contributed by atoms with E-state index in [9.17, 15) is 0 Å². The molecule has 0 saturated carbocycles. The van der Waals surface area contributed by atoms with E-state index in [4.69, 9.17) is 0 Å². The van der Waals surface area contributed by atoms with Crippen molar-refractivity contribution in [3.63, 3.8) is 0 Å². The van der Waals surface area contributed by atoms with Crippen molar-refractivity contribution in [2.24, 2.45) is 0 Å². The van der Waals surface area contributed by atoms with E-state index in [1.165, 1.54) is 5.69 Å². The van der Waals surface area contributed by atoms with Crippen LogP contribution in [0.5, 0.6) is 0 Å². The molecule has 0 spiro atoms. The zero-order chi connectivity index (χ0) is 9.47. The Kier molecular flexibility index (Phi) is 1.62. The zero-order valence-electron chi connectivity index (χ0n) is 8.15. The molecule has 3 heteroatoms. The van der Waals surface area contributed by atoms with Crippen LogP contribution in [0.4, 0.5) is 0 Å². The number of aromatic nitrogens is 3. The number of fused-ring (bicyclic) bond motifs is 1. The second kappa shape index (κ2) is 2.55. The maximum absolute atomic E-state index is 4.24. The lowest BCUT2D eigenvalue weighted by atomic mass is 9.93. The van der Waals surface area contributed by atoms with Crippen molar-refractivity contribution in [2.45, 2.75) is 26.2 Å². The van der Waals surface area contributed by atoms with Crippen molar-refractivity contribution in [1.82, 2.24) is 14.4 Å². The molecule has 2 aromatic heterocycles. The predicted octanol–water partition coefficient (Wildman–Crippen LogP) is 2.03. The lowest BCUT2D eigenvalue weighted by Crippen LogP contribution is -2.14. The van der Waals surface area contributed by atoms with Gasteiger partial charge in [0.1, 0.15) is 0 Å². The first kappa shape index (κ1) is 8.23. The number of imidazole rings is 1. The van der Waals surface area contributed by atoms with Crippen molar-refractivity contribution < 1.29 is 0 Å². The standard InChI is InChI=1S/C10H13N3/c1-10(2,3)8-7-12-9-11-5-4-6-13(8)9/h4-7H,1-3H3. The summed E-state index contributed by atoms with van der Waals surface area (Å²) in [6, 6.07) is 1.92. The third-order valence-corrected chi connectivity index (χ3v) is 2.06. The highest BCUT2D eigenvalue weighted by atomic mass is 15.1. The summed E-state index contributed by atoms with van der Waals surface area (Å²) in [4.78, 5) is 8.40. The minimum Gasteiger partial charge on any atom is -0.288 e. The molecule has 0 radical (unpaired) electrons. The summed E-state index contributed by atoms with van der Waals surface area (Å²) >= 11 is 0. The molecule has 0 fully saturated rings. The molecule has 0 aliphatic heterocycles. The number of rotatable bonds is 0. The molecule has 2 rings (SSSR count). The lowest BCUT2D eigenvalue weighted by molar-refractivity contribution is 0.563. The van der Waals surface area contributed by atoms with Crippen LogP contribution in [0.3, 0.4) is 0 Å². The third-order valence-electron chi connectivity index (χ3n) is 2.06. The first-order valence-corrected chi connectivity index (χ1v) is 4.37. The zero-order valence-corrected chi connectivity index (χ0v) is 8.15. The smallest absolute Gasteiger partial charge is 0.233 e. The molecule has 0 bridgehead atoms. The van der Waals surface area contributed by atoms with Gasteiger partial charge in [0.15, 0.2) is 0 Å². The van der Waals surface area contributed by atoms with Gasteiger partial charge in [-0.1, -0.05) is 20.8 Å². The molecule has 0 aromatic carbocycles. The molecule has 0 aliphatic rings. The Bertz CT molecular complexity index is 423. The van der Waals surface area contributed by atoms with Crippen LogP contribution in [-0.2, 0) is 5.41 Å². The van der Waals surface area contributed by atoms with Gasteiger partial charge in [-0.15, -0.1) is 0 Å². The molecular formula is C10H13N3. The molecule has 0 aliphatic carbocycles. The van der Waals surface area contributed by atoms with Crippen LogP contribution in [0.1, 0.15) is 26.5 Å². The van der Waals surface area contributed by atoms with Crippen molar-refractivity contribution in [1.29, 1.82) is 0 Å². The van der Waals surface area contributed by atoms with Crippen LogP contribution in [0.2, 0.25) is 0 Å². The van der Waals surface area contributed by atoms with E-state index in [1.807, 2.05) is 22.9 Å². The predicted molar refractivity (Wildman–Crippen MR) is 51.7 cm³/mol. The minimum absolute atomic E-state index is 0.114. The SMILES string of the molecule is CC(C)(C)c1cnc2ncccn12. The van der Waals surface area contributed by atoms with Crippen molar-refractivity contribution >= 4 is 5.78 Å². The molecule has 13 heavy (non-hydrogen) atoms. The molecule has 0 unspecified atom stereocenters. The lowest BCUT2D eigenvalue weighted by Gasteiger charge is -2.17. The molecule has 0 atom stereocenters. The molecule has 0 saturated heterocycles. The van der Waals surface area contributed by atoms with Gasteiger partial charge in [0.2, 0.25) is 5.78 Å². The normalized spacial score (nSPS) is 12.2. The second-order valence-electron chi connectivity index (χ2n) is 4.18. The summed E-state index contributed by atoms with van der Waals surface area (Å²) in [6.45, 7) is 6.51.